The molecule has 1 saturated carbocycles. The van der Waals surface area contributed by atoms with Crippen molar-refractivity contribution in [3.8, 4) is 0 Å². The third-order valence-electron chi connectivity index (χ3n) is 10.1. The molecule has 0 saturated heterocycles. The molecule has 6 N–H and O–H groups in total. The predicted molar refractivity (Wildman–Crippen MR) is 226 cm³/mol. The molecule has 13 nitrogen and oxygen atoms in total. The van der Waals surface area contributed by atoms with Crippen LogP contribution in [0.3, 0.4) is 0 Å². The van der Waals surface area contributed by atoms with E-state index in [2.05, 4.69) is 42.7 Å². The molecule has 1 aliphatic carbocycles. The van der Waals surface area contributed by atoms with Crippen molar-refractivity contribution in [2.75, 3.05) is 26.4 Å². The van der Waals surface area contributed by atoms with Crippen LogP contribution in [0.4, 0.5) is 0 Å². The lowest BCUT2D eigenvalue weighted by molar-refractivity contribution is -0.161. The number of esters is 2. The zero-order chi connectivity index (χ0) is 42.9. The fraction of sp³-hybridized carbons (Fsp3) is 0.773. The van der Waals surface area contributed by atoms with Crippen molar-refractivity contribution in [3.63, 3.8) is 0 Å². The average molecular weight is 845 g/mol. The molecule has 0 radical (unpaired) electrons. The van der Waals surface area contributed by atoms with E-state index >= 15 is 0 Å². The topological polar surface area (TPSA) is 210 Å². The Morgan fingerprint density at radius 1 is 0.724 bits per heavy atom. The highest BCUT2D eigenvalue weighted by Crippen LogP contribution is 2.43. The average Bonchev–Trinajstić information content (AvgIpc) is 3.47. The van der Waals surface area contributed by atoms with Gasteiger partial charge in [-0.15, -0.1) is 0 Å². The van der Waals surface area contributed by atoms with Crippen molar-refractivity contribution >= 4 is 19.8 Å². The van der Waals surface area contributed by atoms with Crippen molar-refractivity contribution in [2.24, 2.45) is 11.8 Å². The first-order valence-corrected chi connectivity index (χ1v) is 23.4. The number of allylic oxidation sites excluding steroid dienone is 6. The molecule has 1 fully saturated rings. The second kappa shape index (κ2) is 34.5. The summed E-state index contributed by atoms with van der Waals surface area (Å²) in [6.45, 7) is 1.95. The van der Waals surface area contributed by atoms with Crippen molar-refractivity contribution in [2.45, 2.75) is 179 Å². The molecule has 336 valence electrons. The number of hydrogen-bond donors (Lipinski definition) is 6. The van der Waals surface area contributed by atoms with E-state index in [4.69, 9.17) is 19.1 Å². The van der Waals surface area contributed by atoms with Gasteiger partial charge in [-0.1, -0.05) is 120 Å². The van der Waals surface area contributed by atoms with E-state index in [1.165, 1.54) is 25.7 Å². The van der Waals surface area contributed by atoms with Crippen LogP contribution < -0.4 is 0 Å². The SMILES string of the molecule is CCCCCC/C=C\C=C/CCCCCCCC(=O)O[C@H](COC(=O)CCC/C=C/C[C@@H]1[C@@H](/C=C/[C@@H](O)CCCCC)[C@H](O)C[C@@H]1O)COP(=O)(O)OC[C@@H](O)CO. The van der Waals surface area contributed by atoms with E-state index in [-0.39, 0.29) is 31.1 Å². The highest BCUT2D eigenvalue weighted by atomic mass is 31.2. The van der Waals surface area contributed by atoms with Gasteiger partial charge in [-0.25, -0.2) is 4.57 Å². The maximum atomic E-state index is 12.6. The molecule has 0 aliphatic heterocycles. The normalized spacial score (nSPS) is 21.3. The van der Waals surface area contributed by atoms with E-state index in [1.807, 2.05) is 18.2 Å². The molecule has 0 aromatic rings. The van der Waals surface area contributed by atoms with Gasteiger partial charge in [0, 0.05) is 25.2 Å². The lowest BCUT2D eigenvalue weighted by Crippen LogP contribution is -2.29. The van der Waals surface area contributed by atoms with Gasteiger partial charge < -0.3 is 39.9 Å². The second-order valence-corrected chi connectivity index (χ2v) is 16.8. The third kappa shape index (κ3) is 28.3. The van der Waals surface area contributed by atoms with Gasteiger partial charge in [-0.05, 0) is 63.7 Å². The van der Waals surface area contributed by atoms with Crippen LogP contribution in [0.15, 0.2) is 48.6 Å². The maximum absolute atomic E-state index is 12.6. The number of hydrogen-bond acceptors (Lipinski definition) is 12. The number of unbranched alkanes of at least 4 members (excludes halogenated alkanes) is 12. The summed E-state index contributed by atoms with van der Waals surface area (Å²) in [5.41, 5.74) is 0. The van der Waals surface area contributed by atoms with Crippen LogP contribution in [0, 0.1) is 11.8 Å². The van der Waals surface area contributed by atoms with Gasteiger partial charge >= 0.3 is 19.8 Å². The summed E-state index contributed by atoms with van der Waals surface area (Å²) in [4.78, 5) is 35.2. The number of ether oxygens (including phenoxy) is 2. The van der Waals surface area contributed by atoms with E-state index in [0.717, 1.165) is 57.8 Å². The Kier molecular flexibility index (Phi) is 32.0. The summed E-state index contributed by atoms with van der Waals surface area (Å²) in [6, 6.07) is 0. The number of phosphoric ester groups is 1. The molecule has 8 atom stereocenters. The van der Waals surface area contributed by atoms with Crippen molar-refractivity contribution in [1.82, 2.24) is 0 Å². The molecule has 0 aromatic carbocycles. The summed E-state index contributed by atoms with van der Waals surface area (Å²) < 4.78 is 32.7. The van der Waals surface area contributed by atoms with Gasteiger partial charge in [0.2, 0.25) is 0 Å². The monoisotopic (exact) mass is 845 g/mol. The molecular weight excluding hydrogens is 767 g/mol. The van der Waals surface area contributed by atoms with E-state index in [9.17, 15) is 39.5 Å². The summed E-state index contributed by atoms with van der Waals surface area (Å²) >= 11 is 0. The molecular formula is C44H77O13P. The number of aliphatic hydroxyl groups is 5. The lowest BCUT2D eigenvalue weighted by Gasteiger charge is -2.20. The molecule has 1 unspecified atom stereocenters. The molecule has 0 amide bonds. The summed E-state index contributed by atoms with van der Waals surface area (Å²) in [5.74, 6) is -1.58. The summed E-state index contributed by atoms with van der Waals surface area (Å²) in [6.07, 6.45) is 28.8. The van der Waals surface area contributed by atoms with Crippen molar-refractivity contribution < 1.29 is 63.1 Å². The van der Waals surface area contributed by atoms with Crippen LogP contribution in [0.1, 0.15) is 149 Å². The smallest absolute Gasteiger partial charge is 0.462 e. The third-order valence-corrected chi connectivity index (χ3v) is 11.0. The number of carbonyl (C=O) groups excluding carboxylic acids is 2. The minimum absolute atomic E-state index is 0.0597. The predicted octanol–water partition coefficient (Wildman–Crippen LogP) is 7.71. The Hall–Kier alpha value is -2.19. The molecule has 0 bridgehead atoms. The molecule has 0 aromatic heterocycles. The van der Waals surface area contributed by atoms with Crippen LogP contribution in [0.5, 0.6) is 0 Å². The first-order chi connectivity index (χ1) is 27.9. The molecule has 1 rings (SSSR count). The maximum Gasteiger partial charge on any atom is 0.472 e. The minimum Gasteiger partial charge on any atom is -0.462 e. The van der Waals surface area contributed by atoms with Gasteiger partial charge in [-0.3, -0.25) is 18.6 Å². The highest BCUT2D eigenvalue weighted by molar-refractivity contribution is 7.47. The first-order valence-electron chi connectivity index (χ1n) is 21.9. The van der Waals surface area contributed by atoms with Crippen LogP contribution >= 0.6 is 7.82 Å². The molecule has 0 heterocycles. The Morgan fingerprint density at radius 3 is 2.02 bits per heavy atom. The highest BCUT2D eigenvalue weighted by Gasteiger charge is 2.39. The van der Waals surface area contributed by atoms with E-state index in [1.54, 1.807) is 6.08 Å². The van der Waals surface area contributed by atoms with Crippen LogP contribution in [0.2, 0.25) is 0 Å². The Balaban J connectivity index is 2.49. The minimum atomic E-state index is -4.68. The number of carbonyl (C=O) groups is 2. The van der Waals surface area contributed by atoms with Gasteiger partial charge in [-0.2, -0.15) is 0 Å². The summed E-state index contributed by atoms with van der Waals surface area (Å²) in [5, 5.41) is 49.6. The standard InChI is InChI=1S/C44H77O13P/c1-3-5-7-8-9-10-11-12-13-14-15-16-17-18-24-28-44(51)57-38(35-56-58(52,53)55-33-37(47)32-45)34-54-43(50)27-23-20-19-22-26-39-40(42(49)31-41(39)48)30-29-36(46)25-21-6-4-2/h10-13,19,22,29-30,36-42,45-49H,3-9,14-18,20-21,23-28,31-35H2,1-2H3,(H,52,53)/b11-10-,13-12-,22-19+,30-29+/t36-,37-,38+,39+,40+,41-,42+/m0/s1. The molecule has 0 spiro atoms. The fourth-order valence-electron chi connectivity index (χ4n) is 6.57. The summed E-state index contributed by atoms with van der Waals surface area (Å²) in [7, 11) is -4.68. The molecule has 1 aliphatic rings. The molecule has 14 heteroatoms. The number of rotatable bonds is 36. The van der Waals surface area contributed by atoms with Crippen molar-refractivity contribution in [1.29, 1.82) is 0 Å². The Bertz CT molecular complexity index is 1220. The van der Waals surface area contributed by atoms with E-state index in [0.29, 0.717) is 32.1 Å². The largest absolute Gasteiger partial charge is 0.472 e. The van der Waals surface area contributed by atoms with Crippen LogP contribution in [0.25, 0.3) is 0 Å². The van der Waals surface area contributed by atoms with Crippen LogP contribution in [-0.4, -0.2) is 99.3 Å². The van der Waals surface area contributed by atoms with Gasteiger partial charge in [0.1, 0.15) is 12.7 Å². The van der Waals surface area contributed by atoms with Crippen molar-refractivity contribution in [3.05, 3.63) is 48.6 Å². The quantitative estimate of drug-likeness (QED) is 0.0118. The Labute approximate surface area is 348 Å². The zero-order valence-corrected chi connectivity index (χ0v) is 36.2. The van der Waals surface area contributed by atoms with Gasteiger partial charge in [0.15, 0.2) is 6.10 Å². The van der Waals surface area contributed by atoms with Gasteiger partial charge in [0.05, 0.1) is 38.1 Å². The fourth-order valence-corrected chi connectivity index (χ4v) is 7.35. The van der Waals surface area contributed by atoms with E-state index < -0.39 is 76.7 Å². The lowest BCUT2D eigenvalue weighted by atomic mass is 9.89. The number of aliphatic hydroxyl groups excluding tert-OH is 5. The Morgan fingerprint density at radius 2 is 1.33 bits per heavy atom. The first kappa shape index (κ1) is 53.8. The second-order valence-electron chi connectivity index (χ2n) is 15.4. The number of phosphoric acid groups is 1. The molecule has 58 heavy (non-hydrogen) atoms. The zero-order valence-electron chi connectivity index (χ0n) is 35.3. The van der Waals surface area contributed by atoms with Gasteiger partial charge in [0.25, 0.3) is 0 Å². The van der Waals surface area contributed by atoms with Crippen LogP contribution in [-0.2, 0) is 32.7 Å².